The van der Waals surface area contributed by atoms with Crippen molar-refractivity contribution in [3.8, 4) is 11.5 Å². The number of sulfonamides is 1. The van der Waals surface area contributed by atoms with E-state index in [1.165, 1.54) is 40.7 Å². The number of nitro groups is 1. The number of non-ortho nitro benzene ring substituents is 1. The first-order valence-electron chi connectivity index (χ1n) is 7.70. The highest BCUT2D eigenvalue weighted by molar-refractivity contribution is 7.89. The second-order valence-electron chi connectivity index (χ2n) is 5.48. The number of rotatable bonds is 5. The number of nitro benzene ring substituents is 1. The van der Waals surface area contributed by atoms with E-state index in [4.69, 9.17) is 4.74 Å². The number of hydrogen-bond acceptors (Lipinski definition) is 6. The molecule has 2 aromatic carbocycles. The molecule has 1 saturated heterocycles. The van der Waals surface area contributed by atoms with Gasteiger partial charge in [0.05, 0.1) is 9.82 Å². The molecule has 3 rings (SSSR count). The molecular formula is C16H17N3O5S. The van der Waals surface area contributed by atoms with E-state index in [1.54, 1.807) is 12.1 Å². The first kappa shape index (κ1) is 17.3. The van der Waals surface area contributed by atoms with Gasteiger partial charge in [0.2, 0.25) is 10.0 Å². The summed E-state index contributed by atoms with van der Waals surface area (Å²) in [6, 6.07) is 11.8. The van der Waals surface area contributed by atoms with E-state index in [1.807, 2.05) is 0 Å². The van der Waals surface area contributed by atoms with Gasteiger partial charge in [0, 0.05) is 38.3 Å². The molecule has 0 amide bonds. The van der Waals surface area contributed by atoms with Gasteiger partial charge in [-0.15, -0.1) is 0 Å². The first-order chi connectivity index (χ1) is 12.0. The van der Waals surface area contributed by atoms with Crippen molar-refractivity contribution in [3.63, 3.8) is 0 Å². The number of ether oxygens (including phenoxy) is 1. The van der Waals surface area contributed by atoms with E-state index >= 15 is 0 Å². The number of benzene rings is 2. The largest absolute Gasteiger partial charge is 0.457 e. The van der Waals surface area contributed by atoms with Crippen molar-refractivity contribution in [2.75, 3.05) is 26.2 Å². The van der Waals surface area contributed by atoms with Crippen molar-refractivity contribution < 1.29 is 18.1 Å². The minimum atomic E-state index is -3.50. The molecule has 0 unspecified atom stereocenters. The first-order valence-corrected chi connectivity index (χ1v) is 9.14. The van der Waals surface area contributed by atoms with E-state index in [2.05, 4.69) is 5.32 Å². The third kappa shape index (κ3) is 3.95. The molecule has 8 nitrogen and oxygen atoms in total. The van der Waals surface area contributed by atoms with Crippen LogP contribution in [0.15, 0.2) is 53.4 Å². The Morgan fingerprint density at radius 3 is 2.00 bits per heavy atom. The summed E-state index contributed by atoms with van der Waals surface area (Å²) in [7, 11) is -3.50. The van der Waals surface area contributed by atoms with Crippen LogP contribution in [0.2, 0.25) is 0 Å². The topological polar surface area (TPSA) is 102 Å². The lowest BCUT2D eigenvalue weighted by Crippen LogP contribution is -2.46. The van der Waals surface area contributed by atoms with Crippen LogP contribution in [-0.2, 0) is 10.0 Å². The van der Waals surface area contributed by atoms with Gasteiger partial charge in [-0.3, -0.25) is 10.1 Å². The SMILES string of the molecule is O=[N+]([O-])c1ccc(Oc2ccc(S(=O)(=O)N3CCNCC3)cc2)cc1. The maximum Gasteiger partial charge on any atom is 0.269 e. The third-order valence-electron chi connectivity index (χ3n) is 3.82. The summed E-state index contributed by atoms with van der Waals surface area (Å²) in [5.41, 5.74) is -0.0233. The highest BCUT2D eigenvalue weighted by Gasteiger charge is 2.25. The average Bonchev–Trinajstić information content (AvgIpc) is 2.63. The predicted molar refractivity (Wildman–Crippen MR) is 91.2 cm³/mol. The molecular weight excluding hydrogens is 346 g/mol. The summed E-state index contributed by atoms with van der Waals surface area (Å²) in [6.45, 7) is 2.17. The molecule has 2 aromatic rings. The van der Waals surface area contributed by atoms with Gasteiger partial charge in [-0.25, -0.2) is 8.42 Å². The number of piperazine rings is 1. The zero-order valence-corrected chi connectivity index (χ0v) is 14.1. The van der Waals surface area contributed by atoms with Crippen LogP contribution in [0.1, 0.15) is 0 Å². The lowest BCUT2D eigenvalue weighted by atomic mass is 10.3. The molecule has 0 spiro atoms. The van der Waals surface area contributed by atoms with E-state index in [-0.39, 0.29) is 10.6 Å². The van der Waals surface area contributed by atoms with E-state index in [0.29, 0.717) is 37.7 Å². The van der Waals surface area contributed by atoms with Crippen LogP contribution in [0.5, 0.6) is 11.5 Å². The van der Waals surface area contributed by atoms with Crippen LogP contribution in [0.3, 0.4) is 0 Å². The van der Waals surface area contributed by atoms with Crippen molar-refractivity contribution >= 4 is 15.7 Å². The molecule has 0 radical (unpaired) electrons. The second kappa shape index (κ2) is 7.18. The fraction of sp³-hybridized carbons (Fsp3) is 0.250. The molecule has 0 aromatic heterocycles. The Balaban J connectivity index is 1.72. The van der Waals surface area contributed by atoms with Crippen molar-refractivity contribution in [1.29, 1.82) is 0 Å². The highest BCUT2D eigenvalue weighted by atomic mass is 32.2. The highest BCUT2D eigenvalue weighted by Crippen LogP contribution is 2.25. The minimum Gasteiger partial charge on any atom is -0.457 e. The van der Waals surface area contributed by atoms with Gasteiger partial charge in [0.25, 0.3) is 5.69 Å². The molecule has 0 saturated carbocycles. The lowest BCUT2D eigenvalue weighted by Gasteiger charge is -2.26. The van der Waals surface area contributed by atoms with Gasteiger partial charge in [0.1, 0.15) is 11.5 Å². The number of nitrogens with one attached hydrogen (secondary N) is 1. The Morgan fingerprint density at radius 2 is 1.48 bits per heavy atom. The van der Waals surface area contributed by atoms with Crippen LogP contribution >= 0.6 is 0 Å². The molecule has 1 N–H and O–H groups in total. The maximum atomic E-state index is 12.6. The quantitative estimate of drug-likeness (QED) is 0.644. The summed E-state index contributed by atoms with van der Waals surface area (Å²) in [5.74, 6) is 0.886. The molecule has 1 fully saturated rings. The van der Waals surface area contributed by atoms with Crippen LogP contribution < -0.4 is 10.1 Å². The molecule has 25 heavy (non-hydrogen) atoms. The van der Waals surface area contributed by atoms with Crippen molar-refractivity contribution in [3.05, 3.63) is 58.6 Å². The van der Waals surface area contributed by atoms with Gasteiger partial charge >= 0.3 is 0 Å². The van der Waals surface area contributed by atoms with Crippen LogP contribution in [0.25, 0.3) is 0 Å². The van der Waals surface area contributed by atoms with Crippen LogP contribution in [-0.4, -0.2) is 43.8 Å². The molecule has 0 atom stereocenters. The Hall–Kier alpha value is -2.49. The fourth-order valence-corrected chi connectivity index (χ4v) is 3.93. The average molecular weight is 363 g/mol. The zero-order valence-electron chi connectivity index (χ0n) is 13.3. The van der Waals surface area contributed by atoms with Gasteiger partial charge in [-0.05, 0) is 36.4 Å². The minimum absolute atomic E-state index is 0.0233. The monoisotopic (exact) mass is 363 g/mol. The Morgan fingerprint density at radius 1 is 0.960 bits per heavy atom. The normalized spacial score (nSPS) is 15.7. The van der Waals surface area contributed by atoms with Gasteiger partial charge in [-0.1, -0.05) is 0 Å². The number of nitrogens with zero attached hydrogens (tertiary/aromatic N) is 2. The van der Waals surface area contributed by atoms with Gasteiger partial charge in [0.15, 0.2) is 0 Å². The Bertz CT molecular complexity index is 844. The van der Waals surface area contributed by atoms with Crippen molar-refractivity contribution in [2.24, 2.45) is 0 Å². The summed E-state index contributed by atoms with van der Waals surface area (Å²) in [6.07, 6.45) is 0. The lowest BCUT2D eigenvalue weighted by molar-refractivity contribution is -0.384. The van der Waals surface area contributed by atoms with E-state index < -0.39 is 14.9 Å². The smallest absolute Gasteiger partial charge is 0.269 e. The second-order valence-corrected chi connectivity index (χ2v) is 7.42. The van der Waals surface area contributed by atoms with Crippen LogP contribution in [0, 0.1) is 10.1 Å². The standard InChI is InChI=1S/C16H17N3O5S/c20-19(21)13-1-3-14(4-2-13)24-15-5-7-16(8-6-15)25(22,23)18-11-9-17-10-12-18/h1-8,17H,9-12H2. The van der Waals surface area contributed by atoms with Gasteiger partial charge in [-0.2, -0.15) is 4.31 Å². The molecule has 132 valence electrons. The Kier molecular flexibility index (Phi) is 4.98. The fourth-order valence-electron chi connectivity index (χ4n) is 2.49. The van der Waals surface area contributed by atoms with E-state index in [0.717, 1.165) is 0 Å². The molecule has 1 aliphatic rings. The summed E-state index contributed by atoms with van der Waals surface area (Å²) in [4.78, 5) is 10.4. The summed E-state index contributed by atoms with van der Waals surface area (Å²) in [5, 5.41) is 13.7. The third-order valence-corrected chi connectivity index (χ3v) is 5.73. The molecule has 1 heterocycles. The molecule has 0 aliphatic carbocycles. The van der Waals surface area contributed by atoms with Crippen molar-refractivity contribution in [2.45, 2.75) is 4.90 Å². The van der Waals surface area contributed by atoms with Crippen molar-refractivity contribution in [1.82, 2.24) is 9.62 Å². The summed E-state index contributed by atoms with van der Waals surface area (Å²) >= 11 is 0. The van der Waals surface area contributed by atoms with Crippen LogP contribution in [0.4, 0.5) is 5.69 Å². The number of hydrogen-bond donors (Lipinski definition) is 1. The Labute approximate surface area is 145 Å². The predicted octanol–water partition coefficient (Wildman–Crippen LogP) is 1.98. The summed E-state index contributed by atoms with van der Waals surface area (Å²) < 4.78 is 32.1. The molecule has 0 bridgehead atoms. The zero-order chi connectivity index (χ0) is 17.9. The van der Waals surface area contributed by atoms with Gasteiger partial charge < -0.3 is 10.1 Å². The molecule has 9 heteroatoms. The molecule has 1 aliphatic heterocycles. The maximum absolute atomic E-state index is 12.6. The van der Waals surface area contributed by atoms with E-state index in [9.17, 15) is 18.5 Å².